The number of nitrogens with two attached hydrogens (primary N) is 1. The number of nitrogens with zero attached hydrogens (tertiary/aromatic N) is 1. The summed E-state index contributed by atoms with van der Waals surface area (Å²) in [6, 6.07) is 0. The summed E-state index contributed by atoms with van der Waals surface area (Å²) in [5.41, 5.74) is 4.90. The van der Waals surface area contributed by atoms with Gasteiger partial charge in [0.1, 0.15) is 0 Å². The molecule has 1 aromatic rings. The summed E-state index contributed by atoms with van der Waals surface area (Å²) in [4.78, 5) is 17.1. The Bertz CT molecular complexity index is 308. The number of nitrogens with one attached hydrogen (secondary N) is 1. The summed E-state index contributed by atoms with van der Waals surface area (Å²) in [5.74, 6) is 0.315. The molecule has 5 nitrogen and oxygen atoms in total. The Morgan fingerprint density at radius 3 is 3.08 bits per heavy atom. The largest absolute Gasteiger partial charge is 0.487 e. The maximum absolute atomic E-state index is 11.0. The first-order valence-electron chi connectivity index (χ1n) is 3.71. The van der Waals surface area contributed by atoms with E-state index in [4.69, 9.17) is 10.5 Å². The van der Waals surface area contributed by atoms with E-state index in [9.17, 15) is 4.79 Å². The zero-order valence-electron chi connectivity index (χ0n) is 6.83. The first kappa shape index (κ1) is 8.58. The van der Waals surface area contributed by atoms with Gasteiger partial charge in [0.2, 0.25) is 5.75 Å². The molecule has 0 amide bonds. The van der Waals surface area contributed by atoms with Crippen molar-refractivity contribution >= 4 is 5.95 Å². The molecule has 1 aromatic heterocycles. The zero-order chi connectivity index (χ0) is 8.97. The highest BCUT2D eigenvalue weighted by Crippen LogP contribution is 1.99. The van der Waals surface area contributed by atoms with Gasteiger partial charge < -0.3 is 10.5 Å². The van der Waals surface area contributed by atoms with Gasteiger partial charge in [-0.3, -0.25) is 9.78 Å². The number of rotatable bonds is 3. The van der Waals surface area contributed by atoms with Crippen LogP contribution in [0.4, 0.5) is 5.95 Å². The number of aromatic amines is 1. The van der Waals surface area contributed by atoms with Crippen LogP contribution in [0.5, 0.6) is 5.75 Å². The minimum absolute atomic E-state index is 0.101. The van der Waals surface area contributed by atoms with Crippen LogP contribution in [0.1, 0.15) is 13.3 Å². The third-order valence-corrected chi connectivity index (χ3v) is 1.25. The highest BCUT2D eigenvalue weighted by molar-refractivity contribution is 5.21. The van der Waals surface area contributed by atoms with E-state index in [1.54, 1.807) is 0 Å². The van der Waals surface area contributed by atoms with Crippen molar-refractivity contribution in [2.24, 2.45) is 0 Å². The van der Waals surface area contributed by atoms with Crippen LogP contribution in [-0.2, 0) is 0 Å². The van der Waals surface area contributed by atoms with Crippen LogP contribution in [0.25, 0.3) is 0 Å². The fourth-order valence-electron chi connectivity index (χ4n) is 0.712. The summed E-state index contributed by atoms with van der Waals surface area (Å²) in [5, 5.41) is 0. The summed E-state index contributed by atoms with van der Waals surface area (Å²) in [6.07, 6.45) is 2.17. The van der Waals surface area contributed by atoms with Crippen molar-refractivity contribution in [1.29, 1.82) is 0 Å². The lowest BCUT2D eigenvalue weighted by atomic mass is 10.5. The zero-order valence-corrected chi connectivity index (χ0v) is 6.83. The van der Waals surface area contributed by atoms with Gasteiger partial charge in [-0.1, -0.05) is 6.92 Å². The van der Waals surface area contributed by atoms with E-state index in [0.29, 0.717) is 6.61 Å². The standard InChI is InChI=1S/C7H11N3O2/c1-2-3-12-5-4-9-7(8)10-6(5)11/h4H,2-3H2,1H3,(H3,8,9,10,11). The van der Waals surface area contributed by atoms with Crippen molar-refractivity contribution in [3.05, 3.63) is 16.6 Å². The minimum Gasteiger partial charge on any atom is -0.487 e. The normalized spacial score (nSPS) is 9.75. The van der Waals surface area contributed by atoms with Gasteiger partial charge in [-0.15, -0.1) is 0 Å². The molecule has 0 spiro atoms. The fourth-order valence-corrected chi connectivity index (χ4v) is 0.712. The van der Waals surface area contributed by atoms with E-state index in [2.05, 4.69) is 9.97 Å². The Morgan fingerprint density at radius 2 is 2.50 bits per heavy atom. The predicted octanol–water partition coefficient (Wildman–Crippen LogP) is 0.141. The summed E-state index contributed by atoms with van der Waals surface area (Å²) in [7, 11) is 0. The average Bonchev–Trinajstić information content (AvgIpc) is 2.03. The number of hydrogen-bond donors (Lipinski definition) is 2. The van der Waals surface area contributed by atoms with Crippen molar-refractivity contribution in [3.8, 4) is 5.75 Å². The van der Waals surface area contributed by atoms with Gasteiger partial charge in [0, 0.05) is 0 Å². The minimum atomic E-state index is -0.337. The molecule has 0 saturated carbocycles. The number of ether oxygens (including phenoxy) is 1. The number of anilines is 1. The summed E-state index contributed by atoms with van der Waals surface area (Å²) in [6.45, 7) is 2.47. The molecule has 0 aliphatic rings. The van der Waals surface area contributed by atoms with Gasteiger partial charge in [-0.25, -0.2) is 4.98 Å². The van der Waals surface area contributed by atoms with Crippen molar-refractivity contribution in [2.75, 3.05) is 12.3 Å². The van der Waals surface area contributed by atoms with E-state index < -0.39 is 0 Å². The molecular weight excluding hydrogens is 158 g/mol. The monoisotopic (exact) mass is 169 g/mol. The summed E-state index contributed by atoms with van der Waals surface area (Å²) >= 11 is 0. The van der Waals surface area contributed by atoms with Crippen LogP contribution in [0.15, 0.2) is 11.0 Å². The maximum atomic E-state index is 11.0. The molecule has 1 heterocycles. The van der Waals surface area contributed by atoms with Gasteiger partial charge in [-0.2, -0.15) is 0 Å². The quantitative estimate of drug-likeness (QED) is 0.674. The lowest BCUT2D eigenvalue weighted by molar-refractivity contribution is 0.311. The van der Waals surface area contributed by atoms with Crippen LogP contribution in [-0.4, -0.2) is 16.6 Å². The van der Waals surface area contributed by atoms with Crippen molar-refractivity contribution in [2.45, 2.75) is 13.3 Å². The van der Waals surface area contributed by atoms with E-state index in [0.717, 1.165) is 6.42 Å². The third-order valence-electron chi connectivity index (χ3n) is 1.25. The second-order valence-corrected chi connectivity index (χ2v) is 2.31. The number of hydrogen-bond acceptors (Lipinski definition) is 4. The third kappa shape index (κ3) is 1.98. The first-order valence-corrected chi connectivity index (χ1v) is 3.71. The second-order valence-electron chi connectivity index (χ2n) is 2.31. The lowest BCUT2D eigenvalue weighted by Gasteiger charge is -2.01. The van der Waals surface area contributed by atoms with Gasteiger partial charge in [0.05, 0.1) is 12.8 Å². The first-order chi connectivity index (χ1) is 5.74. The lowest BCUT2D eigenvalue weighted by Crippen LogP contribution is -2.14. The maximum Gasteiger partial charge on any atom is 0.294 e. The van der Waals surface area contributed by atoms with Crippen LogP contribution in [0.2, 0.25) is 0 Å². The van der Waals surface area contributed by atoms with E-state index in [-0.39, 0.29) is 17.3 Å². The second kappa shape index (κ2) is 3.75. The van der Waals surface area contributed by atoms with Crippen LogP contribution < -0.4 is 16.0 Å². The molecular formula is C7H11N3O2. The Hall–Kier alpha value is -1.52. The van der Waals surface area contributed by atoms with Crippen molar-refractivity contribution in [3.63, 3.8) is 0 Å². The van der Waals surface area contributed by atoms with Crippen LogP contribution >= 0.6 is 0 Å². The van der Waals surface area contributed by atoms with Crippen LogP contribution in [0, 0.1) is 0 Å². The SMILES string of the molecule is CCCOc1cnc(N)[nH]c1=O. The molecule has 0 aliphatic heterocycles. The molecule has 3 N–H and O–H groups in total. The predicted molar refractivity (Wildman–Crippen MR) is 45.1 cm³/mol. The molecule has 0 aliphatic carbocycles. The molecule has 0 fully saturated rings. The van der Waals surface area contributed by atoms with Crippen LogP contribution in [0.3, 0.4) is 0 Å². The van der Waals surface area contributed by atoms with Gasteiger partial charge in [0.25, 0.3) is 5.56 Å². The smallest absolute Gasteiger partial charge is 0.294 e. The summed E-state index contributed by atoms with van der Waals surface area (Å²) < 4.78 is 5.08. The Morgan fingerprint density at radius 1 is 1.75 bits per heavy atom. The molecule has 5 heteroatoms. The Labute approximate surface area is 69.6 Å². The number of aromatic nitrogens is 2. The Balaban J connectivity index is 2.80. The van der Waals surface area contributed by atoms with E-state index >= 15 is 0 Å². The molecule has 0 saturated heterocycles. The molecule has 0 aromatic carbocycles. The average molecular weight is 169 g/mol. The van der Waals surface area contributed by atoms with Crippen molar-refractivity contribution < 1.29 is 4.74 Å². The molecule has 12 heavy (non-hydrogen) atoms. The number of nitrogen functional groups attached to an aromatic ring is 1. The number of H-pyrrole nitrogens is 1. The highest BCUT2D eigenvalue weighted by atomic mass is 16.5. The van der Waals surface area contributed by atoms with E-state index in [1.807, 2.05) is 6.92 Å². The van der Waals surface area contributed by atoms with Gasteiger partial charge in [0.15, 0.2) is 5.95 Å². The molecule has 0 radical (unpaired) electrons. The molecule has 0 atom stereocenters. The van der Waals surface area contributed by atoms with Crippen molar-refractivity contribution in [1.82, 2.24) is 9.97 Å². The fraction of sp³-hybridized carbons (Fsp3) is 0.429. The Kier molecular flexibility index (Phi) is 2.68. The van der Waals surface area contributed by atoms with E-state index in [1.165, 1.54) is 6.20 Å². The molecule has 0 bridgehead atoms. The highest BCUT2D eigenvalue weighted by Gasteiger charge is 1.99. The topological polar surface area (TPSA) is 81.0 Å². The van der Waals surface area contributed by atoms with Gasteiger partial charge >= 0.3 is 0 Å². The molecule has 0 unspecified atom stereocenters. The van der Waals surface area contributed by atoms with Gasteiger partial charge in [-0.05, 0) is 6.42 Å². The molecule has 66 valence electrons. The molecule has 1 rings (SSSR count).